The van der Waals surface area contributed by atoms with Crippen molar-refractivity contribution in [1.29, 1.82) is 0 Å². The number of nitrogens with zero attached hydrogens (tertiary/aromatic N) is 1. The Labute approximate surface area is 132 Å². The number of hydrogen-bond donors (Lipinski definition) is 0. The first-order valence-electron chi connectivity index (χ1n) is 6.73. The van der Waals surface area contributed by atoms with Gasteiger partial charge in [-0.2, -0.15) is 0 Å². The van der Waals surface area contributed by atoms with Gasteiger partial charge in [0.15, 0.2) is 0 Å². The van der Waals surface area contributed by atoms with Gasteiger partial charge in [-0.05, 0) is 30.0 Å². The average molecular weight is 311 g/mol. The zero-order valence-electron chi connectivity index (χ0n) is 11.9. The maximum Gasteiger partial charge on any atom is 0.313 e. The molecular weight excluding hydrogens is 298 g/mol. The minimum absolute atomic E-state index is 0.0280. The van der Waals surface area contributed by atoms with Gasteiger partial charge in [0.1, 0.15) is 0 Å². The van der Waals surface area contributed by atoms with Crippen LogP contribution in [0.4, 0.5) is 5.69 Å². The fraction of sp³-hybridized carbons (Fsp3) is 0.0588. The minimum atomic E-state index is -0.416. The van der Waals surface area contributed by atoms with Gasteiger partial charge in [0.2, 0.25) is 5.75 Å². The quantitative estimate of drug-likeness (QED) is 0.380. The van der Waals surface area contributed by atoms with E-state index in [0.717, 1.165) is 33.3 Å². The van der Waals surface area contributed by atoms with Crippen LogP contribution in [0.5, 0.6) is 5.75 Å². The van der Waals surface area contributed by atoms with E-state index < -0.39 is 4.92 Å². The van der Waals surface area contributed by atoms with Crippen molar-refractivity contribution in [3.63, 3.8) is 0 Å². The summed E-state index contributed by atoms with van der Waals surface area (Å²) in [7, 11) is 0. The summed E-state index contributed by atoms with van der Waals surface area (Å²) >= 11 is 1.14. The Bertz CT molecular complexity index is 848. The molecule has 0 bridgehead atoms. The van der Waals surface area contributed by atoms with E-state index in [9.17, 15) is 10.1 Å². The Morgan fingerprint density at radius 1 is 1.00 bits per heavy atom. The average Bonchev–Trinajstić information content (AvgIpc) is 2.53. The monoisotopic (exact) mass is 311 g/mol. The number of aryl methyl sites for hydroxylation is 1. The third-order valence-electron chi connectivity index (χ3n) is 3.36. The zero-order valence-corrected chi connectivity index (χ0v) is 12.7. The summed E-state index contributed by atoms with van der Waals surface area (Å²) in [4.78, 5) is 11.8. The third kappa shape index (κ3) is 2.76. The van der Waals surface area contributed by atoms with Crippen molar-refractivity contribution in [2.24, 2.45) is 0 Å². The molecule has 110 valence electrons. The van der Waals surface area contributed by atoms with E-state index in [4.69, 9.17) is 4.18 Å². The molecule has 0 aromatic heterocycles. The van der Waals surface area contributed by atoms with Gasteiger partial charge in [-0.3, -0.25) is 10.1 Å². The van der Waals surface area contributed by atoms with Crippen molar-refractivity contribution in [3.8, 4) is 5.75 Å². The predicted molar refractivity (Wildman–Crippen MR) is 88.3 cm³/mol. The van der Waals surface area contributed by atoms with Crippen LogP contribution in [-0.2, 0) is 0 Å². The molecular formula is C17H13NO3S. The largest absolute Gasteiger partial charge is 0.413 e. The Morgan fingerprint density at radius 3 is 2.50 bits per heavy atom. The van der Waals surface area contributed by atoms with Crippen molar-refractivity contribution in [2.45, 2.75) is 11.8 Å². The van der Waals surface area contributed by atoms with E-state index in [2.05, 4.69) is 0 Å². The zero-order chi connectivity index (χ0) is 15.5. The Hall–Kier alpha value is -2.53. The fourth-order valence-electron chi connectivity index (χ4n) is 2.20. The molecule has 0 spiro atoms. The lowest BCUT2D eigenvalue weighted by Gasteiger charge is -2.09. The number of benzene rings is 3. The number of nitro benzene ring substituents is 1. The molecule has 0 N–H and O–H groups in total. The molecule has 0 radical (unpaired) electrons. The number of fused-ring (bicyclic) bond motifs is 1. The molecule has 3 rings (SSSR count). The topological polar surface area (TPSA) is 52.4 Å². The van der Waals surface area contributed by atoms with Gasteiger partial charge in [0.25, 0.3) is 0 Å². The summed E-state index contributed by atoms with van der Waals surface area (Å²) in [6.07, 6.45) is 0. The summed E-state index contributed by atoms with van der Waals surface area (Å²) in [5.41, 5.74) is 1.04. The molecule has 0 unspecified atom stereocenters. The lowest BCUT2D eigenvalue weighted by molar-refractivity contribution is -0.385. The maximum absolute atomic E-state index is 11.3. The summed E-state index contributed by atoms with van der Waals surface area (Å²) in [5.74, 6) is 0.288. The summed E-state index contributed by atoms with van der Waals surface area (Å²) in [6, 6.07) is 18.5. The number of rotatable bonds is 4. The first-order chi connectivity index (χ1) is 10.7. The van der Waals surface area contributed by atoms with Gasteiger partial charge in [-0.25, -0.2) is 0 Å². The lowest BCUT2D eigenvalue weighted by atomic mass is 10.1. The van der Waals surface area contributed by atoms with Crippen molar-refractivity contribution in [1.82, 2.24) is 0 Å². The van der Waals surface area contributed by atoms with Gasteiger partial charge in [-0.15, -0.1) is 0 Å². The molecule has 0 aliphatic heterocycles. The molecule has 3 aromatic carbocycles. The van der Waals surface area contributed by atoms with Crippen LogP contribution >= 0.6 is 12.0 Å². The van der Waals surface area contributed by atoms with E-state index in [-0.39, 0.29) is 11.4 Å². The lowest BCUT2D eigenvalue weighted by Crippen LogP contribution is -1.94. The molecule has 0 aliphatic carbocycles. The number of nitro groups is 1. The van der Waals surface area contributed by atoms with E-state index in [1.807, 2.05) is 55.5 Å². The van der Waals surface area contributed by atoms with Crippen LogP contribution in [0.2, 0.25) is 0 Å². The van der Waals surface area contributed by atoms with Gasteiger partial charge in [-0.1, -0.05) is 42.5 Å². The van der Waals surface area contributed by atoms with E-state index >= 15 is 0 Å². The van der Waals surface area contributed by atoms with Crippen LogP contribution in [0, 0.1) is 17.0 Å². The molecule has 0 saturated carbocycles. The molecule has 0 atom stereocenters. The SMILES string of the molecule is Cc1ccccc1SOc1c([N+](=O)[O-])ccc2ccccc12. The summed E-state index contributed by atoms with van der Waals surface area (Å²) in [6.45, 7) is 1.98. The van der Waals surface area contributed by atoms with Gasteiger partial charge < -0.3 is 4.18 Å². The Balaban J connectivity index is 2.03. The normalized spacial score (nSPS) is 10.6. The Morgan fingerprint density at radius 2 is 1.73 bits per heavy atom. The highest BCUT2D eigenvalue weighted by atomic mass is 32.2. The van der Waals surface area contributed by atoms with E-state index in [1.165, 1.54) is 6.07 Å². The summed E-state index contributed by atoms with van der Waals surface area (Å²) < 4.78 is 5.75. The minimum Gasteiger partial charge on any atom is -0.413 e. The molecule has 3 aromatic rings. The molecule has 22 heavy (non-hydrogen) atoms. The maximum atomic E-state index is 11.3. The predicted octanol–water partition coefficient (Wildman–Crippen LogP) is 5.14. The molecule has 0 fully saturated rings. The van der Waals surface area contributed by atoms with Gasteiger partial charge in [0, 0.05) is 11.5 Å². The Kier molecular flexibility index (Phi) is 3.98. The van der Waals surface area contributed by atoms with Crippen molar-refractivity contribution in [3.05, 3.63) is 76.3 Å². The molecule has 5 heteroatoms. The molecule has 0 heterocycles. The second kappa shape index (κ2) is 6.07. The highest BCUT2D eigenvalue weighted by Crippen LogP contribution is 2.39. The van der Waals surface area contributed by atoms with Crippen LogP contribution in [0.3, 0.4) is 0 Å². The van der Waals surface area contributed by atoms with Gasteiger partial charge in [0.05, 0.1) is 21.9 Å². The molecule has 0 saturated heterocycles. The molecule has 0 amide bonds. The fourth-order valence-corrected chi connectivity index (χ4v) is 2.88. The second-order valence-corrected chi connectivity index (χ2v) is 5.60. The van der Waals surface area contributed by atoms with Crippen LogP contribution in [0.1, 0.15) is 5.56 Å². The van der Waals surface area contributed by atoms with E-state index in [0.29, 0.717) is 0 Å². The van der Waals surface area contributed by atoms with E-state index in [1.54, 1.807) is 6.07 Å². The van der Waals surface area contributed by atoms with Crippen molar-refractivity contribution >= 4 is 28.5 Å². The smallest absolute Gasteiger partial charge is 0.313 e. The van der Waals surface area contributed by atoms with Crippen LogP contribution < -0.4 is 4.18 Å². The van der Waals surface area contributed by atoms with Crippen molar-refractivity contribution in [2.75, 3.05) is 0 Å². The van der Waals surface area contributed by atoms with Crippen LogP contribution in [0.15, 0.2) is 65.6 Å². The first-order valence-corrected chi connectivity index (χ1v) is 7.47. The highest BCUT2D eigenvalue weighted by Gasteiger charge is 2.19. The molecule has 0 aliphatic rings. The summed E-state index contributed by atoms with van der Waals surface area (Å²) in [5, 5.41) is 12.9. The van der Waals surface area contributed by atoms with Crippen LogP contribution in [0.25, 0.3) is 10.8 Å². The van der Waals surface area contributed by atoms with Crippen molar-refractivity contribution < 1.29 is 9.11 Å². The second-order valence-electron chi connectivity index (χ2n) is 4.82. The third-order valence-corrected chi connectivity index (χ3v) is 4.25. The molecule has 4 nitrogen and oxygen atoms in total. The van der Waals surface area contributed by atoms with Gasteiger partial charge >= 0.3 is 5.69 Å². The first kappa shape index (κ1) is 14.4. The number of hydrogen-bond acceptors (Lipinski definition) is 4. The highest BCUT2D eigenvalue weighted by molar-refractivity contribution is 7.95. The van der Waals surface area contributed by atoms with Crippen LogP contribution in [-0.4, -0.2) is 4.92 Å². The standard InChI is InChI=1S/C17H13NO3S/c1-12-6-2-5-9-16(12)22-21-17-14-8-4-3-7-13(14)10-11-15(17)18(19)20/h2-11H,1H3.